The number of amides is 1. The van der Waals surface area contributed by atoms with Crippen LogP contribution in [0.25, 0.3) is 0 Å². The van der Waals surface area contributed by atoms with E-state index in [1.807, 2.05) is 18.2 Å². The molecule has 2 aromatic rings. The lowest BCUT2D eigenvalue weighted by atomic mass is 10.1. The number of hydrogen-bond acceptors (Lipinski definition) is 4. The Morgan fingerprint density at radius 1 is 1.33 bits per heavy atom. The summed E-state index contributed by atoms with van der Waals surface area (Å²) < 4.78 is 5.20. The van der Waals surface area contributed by atoms with E-state index in [1.54, 1.807) is 18.4 Å². The lowest BCUT2D eigenvalue weighted by Gasteiger charge is -2.19. The average molecular weight is 344 g/mol. The van der Waals surface area contributed by atoms with Gasteiger partial charge in [0.05, 0.1) is 7.11 Å². The Balaban J connectivity index is 1.40. The van der Waals surface area contributed by atoms with Gasteiger partial charge in [-0.25, -0.2) is 0 Å². The van der Waals surface area contributed by atoms with Gasteiger partial charge in [0.15, 0.2) is 0 Å². The van der Waals surface area contributed by atoms with Crippen LogP contribution in [0.5, 0.6) is 5.75 Å². The average Bonchev–Trinajstić information content (AvgIpc) is 3.30. The molecule has 0 saturated carbocycles. The third kappa shape index (κ3) is 4.51. The van der Waals surface area contributed by atoms with Crippen LogP contribution in [0, 0.1) is 5.92 Å². The van der Waals surface area contributed by atoms with Crippen molar-refractivity contribution >= 4 is 22.9 Å². The van der Waals surface area contributed by atoms with Gasteiger partial charge < -0.3 is 15.0 Å². The standard InChI is InChI=1S/C19H24N2O2S/c1-23-17-6-4-16(5-7-17)21-11-10-15(14-21)13-20-19(22)9-8-18-3-2-12-24-18/h2-7,12,15H,8-11,13-14H2,1H3,(H,20,22). The van der Waals surface area contributed by atoms with Crippen LogP contribution in [-0.4, -0.2) is 32.7 Å². The summed E-state index contributed by atoms with van der Waals surface area (Å²) in [4.78, 5) is 15.6. The van der Waals surface area contributed by atoms with Crippen molar-refractivity contribution in [3.05, 3.63) is 46.7 Å². The van der Waals surface area contributed by atoms with Crippen molar-refractivity contribution in [2.24, 2.45) is 5.92 Å². The van der Waals surface area contributed by atoms with Crippen molar-refractivity contribution in [3.63, 3.8) is 0 Å². The maximum Gasteiger partial charge on any atom is 0.220 e. The molecule has 1 atom stereocenters. The normalized spacial score (nSPS) is 17.0. The Morgan fingerprint density at radius 3 is 2.88 bits per heavy atom. The highest BCUT2D eigenvalue weighted by Crippen LogP contribution is 2.25. The molecule has 2 heterocycles. The highest BCUT2D eigenvalue weighted by Gasteiger charge is 2.23. The van der Waals surface area contributed by atoms with Crippen LogP contribution in [0.2, 0.25) is 0 Å². The van der Waals surface area contributed by atoms with Crippen LogP contribution in [0.15, 0.2) is 41.8 Å². The molecule has 0 spiro atoms. The fourth-order valence-corrected chi connectivity index (χ4v) is 3.77. The van der Waals surface area contributed by atoms with E-state index in [0.717, 1.165) is 38.2 Å². The fraction of sp³-hybridized carbons (Fsp3) is 0.421. The second-order valence-corrected chi connectivity index (χ2v) is 7.21. The quantitative estimate of drug-likeness (QED) is 0.838. The van der Waals surface area contributed by atoms with E-state index in [2.05, 4.69) is 33.8 Å². The number of carbonyl (C=O) groups is 1. The third-order valence-electron chi connectivity index (χ3n) is 4.49. The summed E-state index contributed by atoms with van der Waals surface area (Å²) in [5, 5.41) is 5.15. The minimum absolute atomic E-state index is 0.159. The molecule has 1 aromatic carbocycles. The Hall–Kier alpha value is -2.01. The first-order valence-corrected chi connectivity index (χ1v) is 9.30. The first-order chi connectivity index (χ1) is 11.7. The molecule has 1 aromatic heterocycles. The second-order valence-electron chi connectivity index (χ2n) is 6.18. The van der Waals surface area contributed by atoms with E-state index in [-0.39, 0.29) is 5.91 Å². The van der Waals surface area contributed by atoms with Gasteiger partial charge in [-0.3, -0.25) is 4.79 Å². The topological polar surface area (TPSA) is 41.6 Å². The Labute approximate surface area is 147 Å². The van der Waals surface area contributed by atoms with E-state index in [9.17, 15) is 4.79 Å². The highest BCUT2D eigenvalue weighted by atomic mass is 32.1. The lowest BCUT2D eigenvalue weighted by Crippen LogP contribution is -2.31. The van der Waals surface area contributed by atoms with Crippen LogP contribution >= 0.6 is 11.3 Å². The molecule has 0 radical (unpaired) electrons. The van der Waals surface area contributed by atoms with Crippen LogP contribution in [-0.2, 0) is 11.2 Å². The zero-order valence-electron chi connectivity index (χ0n) is 14.0. The molecule has 24 heavy (non-hydrogen) atoms. The zero-order chi connectivity index (χ0) is 16.8. The number of carbonyl (C=O) groups excluding carboxylic acids is 1. The number of ether oxygens (including phenoxy) is 1. The summed E-state index contributed by atoms with van der Waals surface area (Å²) in [5.74, 6) is 1.57. The Morgan fingerprint density at radius 2 is 2.17 bits per heavy atom. The molecular formula is C19H24N2O2S. The molecule has 3 rings (SSSR count). The van der Waals surface area contributed by atoms with Crippen LogP contribution in [0.3, 0.4) is 0 Å². The summed E-state index contributed by atoms with van der Waals surface area (Å²) in [6.45, 7) is 2.82. The predicted octanol–water partition coefficient (Wildman–Crippen LogP) is 3.33. The number of thiophene rings is 1. The largest absolute Gasteiger partial charge is 0.497 e. The maximum atomic E-state index is 12.0. The molecule has 0 aliphatic carbocycles. The third-order valence-corrected chi connectivity index (χ3v) is 5.43. The molecule has 1 saturated heterocycles. The van der Waals surface area contributed by atoms with Crippen molar-refractivity contribution in [1.82, 2.24) is 5.32 Å². The molecule has 1 unspecified atom stereocenters. The molecule has 1 aliphatic rings. The van der Waals surface area contributed by atoms with E-state index in [1.165, 1.54) is 10.6 Å². The number of hydrogen-bond donors (Lipinski definition) is 1. The second kappa shape index (κ2) is 8.20. The monoisotopic (exact) mass is 344 g/mol. The molecule has 128 valence electrons. The molecule has 5 heteroatoms. The molecule has 1 N–H and O–H groups in total. The van der Waals surface area contributed by atoms with Gasteiger partial charge in [0.2, 0.25) is 5.91 Å². The van der Waals surface area contributed by atoms with Gasteiger partial charge in [-0.15, -0.1) is 11.3 Å². The number of nitrogens with zero attached hydrogens (tertiary/aromatic N) is 1. The van der Waals surface area contributed by atoms with Gasteiger partial charge in [0.1, 0.15) is 5.75 Å². The molecule has 1 fully saturated rings. The van der Waals surface area contributed by atoms with Gasteiger partial charge in [-0.05, 0) is 54.5 Å². The smallest absolute Gasteiger partial charge is 0.220 e. The van der Waals surface area contributed by atoms with Crippen molar-refractivity contribution in [1.29, 1.82) is 0 Å². The van der Waals surface area contributed by atoms with Gasteiger partial charge in [0.25, 0.3) is 0 Å². The number of methoxy groups -OCH3 is 1. The van der Waals surface area contributed by atoms with E-state index < -0.39 is 0 Å². The minimum Gasteiger partial charge on any atom is -0.497 e. The van der Waals surface area contributed by atoms with Gasteiger partial charge in [0, 0.05) is 36.6 Å². The first-order valence-electron chi connectivity index (χ1n) is 8.42. The Kier molecular flexibility index (Phi) is 5.75. The van der Waals surface area contributed by atoms with E-state index in [0.29, 0.717) is 12.3 Å². The van der Waals surface area contributed by atoms with E-state index in [4.69, 9.17) is 4.74 Å². The van der Waals surface area contributed by atoms with Crippen LogP contribution < -0.4 is 15.0 Å². The number of rotatable bonds is 7. The minimum atomic E-state index is 0.159. The van der Waals surface area contributed by atoms with Gasteiger partial charge in [-0.2, -0.15) is 0 Å². The van der Waals surface area contributed by atoms with Crippen molar-refractivity contribution < 1.29 is 9.53 Å². The van der Waals surface area contributed by atoms with E-state index >= 15 is 0 Å². The Bertz CT molecular complexity index is 640. The first kappa shape index (κ1) is 16.8. The number of benzene rings is 1. The SMILES string of the molecule is COc1ccc(N2CCC(CNC(=O)CCc3cccs3)C2)cc1. The zero-order valence-corrected chi connectivity index (χ0v) is 14.8. The molecule has 0 bridgehead atoms. The fourth-order valence-electron chi connectivity index (χ4n) is 3.06. The van der Waals surface area contributed by atoms with Crippen molar-refractivity contribution in [2.45, 2.75) is 19.3 Å². The molecule has 1 amide bonds. The summed E-state index contributed by atoms with van der Waals surface area (Å²) in [7, 11) is 1.68. The highest BCUT2D eigenvalue weighted by molar-refractivity contribution is 7.09. The molecule has 4 nitrogen and oxygen atoms in total. The maximum absolute atomic E-state index is 12.0. The number of anilines is 1. The van der Waals surface area contributed by atoms with Crippen LogP contribution in [0.4, 0.5) is 5.69 Å². The summed E-state index contributed by atoms with van der Waals surface area (Å²) >= 11 is 1.71. The lowest BCUT2D eigenvalue weighted by molar-refractivity contribution is -0.121. The molecule has 1 aliphatic heterocycles. The number of nitrogens with one attached hydrogen (secondary N) is 1. The molecular weight excluding hydrogens is 320 g/mol. The number of aryl methyl sites for hydroxylation is 1. The predicted molar refractivity (Wildman–Crippen MR) is 99.0 cm³/mol. The summed E-state index contributed by atoms with van der Waals surface area (Å²) in [6.07, 6.45) is 2.54. The van der Waals surface area contributed by atoms with Gasteiger partial charge >= 0.3 is 0 Å². The van der Waals surface area contributed by atoms with Gasteiger partial charge in [-0.1, -0.05) is 6.07 Å². The van der Waals surface area contributed by atoms with Crippen molar-refractivity contribution in [2.75, 3.05) is 31.6 Å². The van der Waals surface area contributed by atoms with Crippen LogP contribution in [0.1, 0.15) is 17.7 Å². The summed E-state index contributed by atoms with van der Waals surface area (Å²) in [6, 6.07) is 12.3. The van der Waals surface area contributed by atoms with Crippen molar-refractivity contribution in [3.8, 4) is 5.75 Å². The summed E-state index contributed by atoms with van der Waals surface area (Å²) in [5.41, 5.74) is 1.22.